The predicted octanol–water partition coefficient (Wildman–Crippen LogP) is 3.25. The quantitative estimate of drug-likeness (QED) is 0.274. The lowest BCUT2D eigenvalue weighted by Gasteiger charge is -2.22. The Labute approximate surface area is 206 Å². The molecule has 2 heterocycles. The number of rotatable bonds is 9. The summed E-state index contributed by atoms with van der Waals surface area (Å²) in [4.78, 5) is 35.9. The van der Waals surface area contributed by atoms with Crippen molar-refractivity contribution in [2.75, 3.05) is 51.6 Å². The van der Waals surface area contributed by atoms with Crippen molar-refractivity contribution < 1.29 is 14.1 Å². The van der Waals surface area contributed by atoms with Crippen molar-refractivity contribution in [3.05, 3.63) is 63.3 Å². The second kappa shape index (κ2) is 10.0. The number of anilines is 3. The van der Waals surface area contributed by atoms with Gasteiger partial charge in [0, 0.05) is 51.1 Å². The SMILES string of the molecule is COc1cc(N(C)CCN(C)C)c([N+](=O)[O-])cc1Nc1nccc(-c2ccc3oc(=O)n(C)c3c2)n1. The Hall–Kier alpha value is -4.45. The molecule has 0 bridgehead atoms. The van der Waals surface area contributed by atoms with Crippen molar-refractivity contribution in [3.8, 4) is 17.0 Å². The average molecular weight is 494 g/mol. The van der Waals surface area contributed by atoms with Crippen molar-refractivity contribution in [1.82, 2.24) is 19.4 Å². The van der Waals surface area contributed by atoms with Crippen LogP contribution in [0.1, 0.15) is 0 Å². The minimum Gasteiger partial charge on any atom is -0.494 e. The Morgan fingerprint density at radius 3 is 2.64 bits per heavy atom. The first-order valence-corrected chi connectivity index (χ1v) is 11.1. The van der Waals surface area contributed by atoms with Crippen LogP contribution in [0.15, 0.2) is 51.8 Å². The normalized spacial score (nSPS) is 11.2. The van der Waals surface area contributed by atoms with E-state index in [2.05, 4.69) is 15.3 Å². The van der Waals surface area contributed by atoms with Crippen LogP contribution in [0, 0.1) is 10.1 Å². The number of hydrogen-bond acceptors (Lipinski definition) is 10. The highest BCUT2D eigenvalue weighted by molar-refractivity contribution is 5.80. The van der Waals surface area contributed by atoms with E-state index in [4.69, 9.17) is 9.15 Å². The number of fused-ring (bicyclic) bond motifs is 1. The fourth-order valence-corrected chi connectivity index (χ4v) is 3.73. The summed E-state index contributed by atoms with van der Waals surface area (Å²) in [6, 6.07) is 10.1. The van der Waals surface area contributed by atoms with Crippen molar-refractivity contribution >= 4 is 34.1 Å². The van der Waals surface area contributed by atoms with Crippen LogP contribution in [-0.2, 0) is 7.05 Å². The van der Waals surface area contributed by atoms with Gasteiger partial charge in [0.2, 0.25) is 5.95 Å². The molecule has 1 N–H and O–H groups in total. The molecular formula is C24H27N7O5. The molecule has 188 valence electrons. The Morgan fingerprint density at radius 2 is 1.94 bits per heavy atom. The van der Waals surface area contributed by atoms with Crippen LogP contribution in [0.4, 0.5) is 23.0 Å². The second-order valence-corrected chi connectivity index (χ2v) is 8.52. The Kier molecular flexibility index (Phi) is 6.88. The maximum Gasteiger partial charge on any atom is 0.419 e. The van der Waals surface area contributed by atoms with E-state index in [-0.39, 0.29) is 11.6 Å². The molecule has 36 heavy (non-hydrogen) atoms. The lowest BCUT2D eigenvalue weighted by atomic mass is 10.1. The molecule has 12 nitrogen and oxygen atoms in total. The first-order valence-electron chi connectivity index (χ1n) is 11.1. The summed E-state index contributed by atoms with van der Waals surface area (Å²) < 4.78 is 12.1. The van der Waals surface area contributed by atoms with Gasteiger partial charge in [0.15, 0.2) is 5.58 Å². The van der Waals surface area contributed by atoms with Gasteiger partial charge in [-0.1, -0.05) is 0 Å². The second-order valence-electron chi connectivity index (χ2n) is 8.52. The van der Waals surface area contributed by atoms with E-state index in [1.54, 1.807) is 50.6 Å². The van der Waals surface area contributed by atoms with E-state index in [0.29, 0.717) is 40.5 Å². The maximum atomic E-state index is 11.9. The summed E-state index contributed by atoms with van der Waals surface area (Å²) in [5.74, 6) is 0.197. The highest BCUT2D eigenvalue weighted by atomic mass is 16.6. The van der Waals surface area contributed by atoms with E-state index in [9.17, 15) is 14.9 Å². The van der Waals surface area contributed by atoms with E-state index < -0.39 is 10.7 Å². The number of aromatic nitrogens is 3. The molecule has 2 aromatic carbocycles. The lowest BCUT2D eigenvalue weighted by Crippen LogP contribution is -2.28. The Morgan fingerprint density at radius 1 is 1.17 bits per heavy atom. The zero-order chi connectivity index (χ0) is 26.0. The molecule has 0 saturated heterocycles. The highest BCUT2D eigenvalue weighted by Crippen LogP contribution is 2.39. The summed E-state index contributed by atoms with van der Waals surface area (Å²) in [6.07, 6.45) is 1.58. The molecule has 0 aliphatic carbocycles. The van der Waals surface area contributed by atoms with E-state index in [1.165, 1.54) is 17.7 Å². The van der Waals surface area contributed by atoms with Crippen molar-refractivity contribution in [1.29, 1.82) is 0 Å². The number of methoxy groups -OCH3 is 1. The summed E-state index contributed by atoms with van der Waals surface area (Å²) in [6.45, 7) is 1.33. The third kappa shape index (κ3) is 4.98. The van der Waals surface area contributed by atoms with Crippen LogP contribution < -0.4 is 20.7 Å². The van der Waals surface area contributed by atoms with E-state index >= 15 is 0 Å². The molecule has 4 rings (SSSR count). The van der Waals surface area contributed by atoms with Crippen LogP contribution in [0.5, 0.6) is 5.75 Å². The first-order chi connectivity index (χ1) is 17.2. The number of ether oxygens (including phenoxy) is 1. The first kappa shape index (κ1) is 24.7. The largest absolute Gasteiger partial charge is 0.494 e. The fraction of sp³-hybridized carbons (Fsp3) is 0.292. The van der Waals surface area contributed by atoms with Gasteiger partial charge in [0.1, 0.15) is 11.4 Å². The van der Waals surface area contributed by atoms with Gasteiger partial charge in [-0.3, -0.25) is 14.7 Å². The number of benzene rings is 2. The number of nitrogens with one attached hydrogen (secondary N) is 1. The number of oxazole rings is 1. The van der Waals surface area contributed by atoms with Gasteiger partial charge in [-0.2, -0.15) is 0 Å². The van der Waals surface area contributed by atoms with E-state index in [1.807, 2.05) is 23.9 Å². The fourth-order valence-electron chi connectivity index (χ4n) is 3.73. The van der Waals surface area contributed by atoms with Gasteiger partial charge in [0.05, 0.1) is 28.9 Å². The van der Waals surface area contributed by atoms with Gasteiger partial charge < -0.3 is 24.3 Å². The van der Waals surface area contributed by atoms with Gasteiger partial charge in [0.25, 0.3) is 5.69 Å². The molecule has 2 aromatic heterocycles. The molecule has 0 spiro atoms. The number of hydrogen-bond donors (Lipinski definition) is 1. The molecule has 0 amide bonds. The van der Waals surface area contributed by atoms with Gasteiger partial charge in [-0.15, -0.1) is 0 Å². The third-order valence-electron chi connectivity index (χ3n) is 5.78. The number of likely N-dealkylation sites (N-methyl/N-ethyl adjacent to an activating group) is 2. The number of nitro benzene ring substituents is 1. The van der Waals surface area contributed by atoms with Gasteiger partial charge in [-0.25, -0.2) is 14.8 Å². The summed E-state index contributed by atoms with van der Waals surface area (Å²) in [7, 11) is 8.82. The van der Waals surface area contributed by atoms with Crippen LogP contribution in [0.25, 0.3) is 22.4 Å². The van der Waals surface area contributed by atoms with Crippen LogP contribution in [0.2, 0.25) is 0 Å². The standard InChI is InChI=1S/C24H27N7O5/c1-28(2)10-11-29(3)18-14-22(35-5)17(13-19(18)31(33)34)27-23-25-9-8-16(26-23)15-6-7-21-20(12-15)30(4)24(32)36-21/h6-9,12-14H,10-11H2,1-5H3,(H,25,26,27). The number of nitro groups is 1. The van der Waals surface area contributed by atoms with E-state index in [0.717, 1.165) is 12.1 Å². The summed E-state index contributed by atoms with van der Waals surface area (Å²) >= 11 is 0. The predicted molar refractivity (Wildman–Crippen MR) is 137 cm³/mol. The minimum atomic E-state index is -0.448. The Balaban J connectivity index is 1.68. The molecule has 0 atom stereocenters. The molecule has 12 heteroatoms. The summed E-state index contributed by atoms with van der Waals surface area (Å²) in [5, 5.41) is 14.9. The number of nitrogens with zero attached hydrogens (tertiary/aromatic N) is 6. The summed E-state index contributed by atoms with van der Waals surface area (Å²) in [5.41, 5.74) is 3.19. The molecule has 0 aliphatic rings. The molecule has 0 fully saturated rings. The van der Waals surface area contributed by atoms with Crippen molar-refractivity contribution in [2.45, 2.75) is 0 Å². The third-order valence-corrected chi connectivity index (χ3v) is 5.78. The monoisotopic (exact) mass is 493 g/mol. The van der Waals surface area contributed by atoms with Crippen LogP contribution >= 0.6 is 0 Å². The zero-order valence-electron chi connectivity index (χ0n) is 20.7. The zero-order valence-corrected chi connectivity index (χ0v) is 20.7. The van der Waals surface area contributed by atoms with Gasteiger partial charge >= 0.3 is 5.76 Å². The molecule has 4 aromatic rings. The molecule has 0 aliphatic heterocycles. The lowest BCUT2D eigenvalue weighted by molar-refractivity contribution is -0.384. The van der Waals surface area contributed by atoms with Crippen molar-refractivity contribution in [3.63, 3.8) is 0 Å². The number of aryl methyl sites for hydroxylation is 1. The molecular weight excluding hydrogens is 466 g/mol. The smallest absolute Gasteiger partial charge is 0.419 e. The highest BCUT2D eigenvalue weighted by Gasteiger charge is 2.22. The maximum absolute atomic E-state index is 11.9. The topological polar surface area (TPSA) is 132 Å². The minimum absolute atomic E-state index is 0.0676. The molecule has 0 radical (unpaired) electrons. The van der Waals surface area contributed by atoms with Crippen molar-refractivity contribution in [2.24, 2.45) is 7.05 Å². The average Bonchev–Trinajstić information content (AvgIpc) is 3.15. The molecule has 0 saturated carbocycles. The van der Waals surface area contributed by atoms with Crippen LogP contribution in [0.3, 0.4) is 0 Å². The molecule has 0 unspecified atom stereocenters. The van der Waals surface area contributed by atoms with Gasteiger partial charge in [-0.05, 0) is 38.4 Å². The Bertz CT molecular complexity index is 1480. The van der Waals surface area contributed by atoms with Crippen LogP contribution in [-0.4, -0.2) is 65.7 Å².